The number of aromatic hydroxyl groups is 1. The Labute approximate surface area is 214 Å². The number of methoxy groups -OCH3 is 1. The van der Waals surface area contributed by atoms with Crippen LogP contribution in [0.4, 0.5) is 0 Å². The van der Waals surface area contributed by atoms with E-state index in [1.54, 1.807) is 12.1 Å². The summed E-state index contributed by atoms with van der Waals surface area (Å²) in [6.07, 6.45) is 1.42. The van der Waals surface area contributed by atoms with Crippen molar-refractivity contribution in [2.45, 2.75) is 45.2 Å². The Morgan fingerprint density at radius 3 is 2.81 bits per heavy atom. The number of hydrogen-bond acceptors (Lipinski definition) is 8. The monoisotopic (exact) mass is 508 g/mol. The van der Waals surface area contributed by atoms with Gasteiger partial charge in [0.15, 0.2) is 0 Å². The van der Waals surface area contributed by atoms with E-state index >= 15 is 0 Å². The molecule has 2 aliphatic rings. The highest BCUT2D eigenvalue weighted by Crippen LogP contribution is 2.38. The Hall–Kier alpha value is -3.43. The third kappa shape index (κ3) is 5.19. The zero-order valence-electron chi connectivity index (χ0n) is 21.2. The van der Waals surface area contributed by atoms with Gasteiger partial charge in [0.05, 0.1) is 12.2 Å². The van der Waals surface area contributed by atoms with E-state index in [2.05, 4.69) is 4.90 Å². The summed E-state index contributed by atoms with van der Waals surface area (Å²) < 4.78 is 17.6. The van der Waals surface area contributed by atoms with Crippen molar-refractivity contribution in [3.63, 3.8) is 0 Å². The van der Waals surface area contributed by atoms with Crippen LogP contribution in [0.15, 0.2) is 44.3 Å². The molecule has 2 atom stereocenters. The summed E-state index contributed by atoms with van der Waals surface area (Å²) in [5.41, 5.74) is 2.90. The van der Waals surface area contributed by atoms with Gasteiger partial charge in [0.25, 0.3) is 5.56 Å². The van der Waals surface area contributed by atoms with Gasteiger partial charge in [0, 0.05) is 68.8 Å². The summed E-state index contributed by atoms with van der Waals surface area (Å²) in [4.78, 5) is 39.1. The van der Waals surface area contributed by atoms with Crippen molar-refractivity contribution in [2.24, 2.45) is 5.92 Å². The molecule has 9 nitrogen and oxygen atoms in total. The van der Waals surface area contributed by atoms with Crippen molar-refractivity contribution in [3.8, 4) is 5.75 Å². The number of phenolic OH excluding ortho intramolecular Hbond substituents is 1. The Balaban J connectivity index is 1.44. The standard InChI is InChI=1S/C28H32N2O7/c1-17-10-26(33)37-28-21(17)12-19(6-7-25(32)36-9-8-35-2)27(34)22(28)16-29-13-18-11-20(15-29)23-4-3-5-24(31)30(23)14-18/h3-5,10,12,18,20,34H,6-9,11,13-16H2,1-2H3/t18-,20+/m1/s1. The molecule has 1 fully saturated rings. The molecular weight excluding hydrogens is 476 g/mol. The van der Waals surface area contributed by atoms with E-state index in [1.165, 1.54) is 13.2 Å². The van der Waals surface area contributed by atoms with E-state index in [0.29, 0.717) is 48.7 Å². The number of likely N-dealkylation sites (tertiary alicyclic amines) is 1. The van der Waals surface area contributed by atoms with Crippen LogP contribution >= 0.6 is 0 Å². The summed E-state index contributed by atoms with van der Waals surface area (Å²) in [7, 11) is 1.54. The number of fused-ring (bicyclic) bond motifs is 5. The Kier molecular flexibility index (Phi) is 7.17. The molecule has 2 aromatic heterocycles. The van der Waals surface area contributed by atoms with E-state index in [9.17, 15) is 19.5 Å². The number of aromatic nitrogens is 1. The third-order valence-corrected chi connectivity index (χ3v) is 7.48. The van der Waals surface area contributed by atoms with Gasteiger partial charge >= 0.3 is 11.6 Å². The molecule has 9 heteroatoms. The molecule has 1 aromatic carbocycles. The maximum Gasteiger partial charge on any atom is 0.336 e. The van der Waals surface area contributed by atoms with Crippen LogP contribution in [0.25, 0.3) is 11.0 Å². The Bertz CT molecular complexity index is 1440. The predicted octanol–water partition coefficient (Wildman–Crippen LogP) is 2.71. The summed E-state index contributed by atoms with van der Waals surface area (Å²) in [5.74, 6) is 0.206. The minimum atomic E-state index is -0.469. The van der Waals surface area contributed by atoms with E-state index in [4.69, 9.17) is 13.9 Å². The highest BCUT2D eigenvalue weighted by Gasteiger charge is 2.35. The molecule has 1 saturated heterocycles. The van der Waals surface area contributed by atoms with Crippen molar-refractivity contribution in [1.29, 1.82) is 0 Å². The van der Waals surface area contributed by atoms with Gasteiger partial charge in [-0.05, 0) is 48.9 Å². The minimum Gasteiger partial charge on any atom is -0.507 e. The van der Waals surface area contributed by atoms with Crippen LogP contribution < -0.4 is 11.2 Å². The van der Waals surface area contributed by atoms with Crippen LogP contribution in [0.2, 0.25) is 0 Å². The number of benzene rings is 1. The maximum absolute atomic E-state index is 12.4. The van der Waals surface area contributed by atoms with Gasteiger partial charge in [-0.25, -0.2) is 4.79 Å². The van der Waals surface area contributed by atoms with Crippen LogP contribution in [0.1, 0.15) is 41.1 Å². The van der Waals surface area contributed by atoms with Gasteiger partial charge in [0.1, 0.15) is 17.9 Å². The fourth-order valence-corrected chi connectivity index (χ4v) is 5.80. The molecule has 0 spiro atoms. The highest BCUT2D eigenvalue weighted by molar-refractivity contribution is 5.86. The van der Waals surface area contributed by atoms with Gasteiger partial charge in [-0.3, -0.25) is 14.5 Å². The first kappa shape index (κ1) is 25.2. The van der Waals surface area contributed by atoms with Crippen LogP contribution in [0.5, 0.6) is 5.75 Å². The lowest BCUT2D eigenvalue weighted by Gasteiger charge is -2.42. The van der Waals surface area contributed by atoms with E-state index in [1.807, 2.05) is 23.6 Å². The Morgan fingerprint density at radius 1 is 1.16 bits per heavy atom. The van der Waals surface area contributed by atoms with Crippen molar-refractivity contribution in [3.05, 3.63) is 73.5 Å². The lowest BCUT2D eigenvalue weighted by molar-refractivity contribution is -0.144. The maximum atomic E-state index is 12.4. The van der Waals surface area contributed by atoms with Gasteiger partial charge in [-0.15, -0.1) is 0 Å². The molecule has 5 rings (SSSR count). The van der Waals surface area contributed by atoms with Gasteiger partial charge in [0.2, 0.25) is 0 Å². The number of hydrogen-bond donors (Lipinski definition) is 1. The van der Waals surface area contributed by atoms with Crippen molar-refractivity contribution in [1.82, 2.24) is 9.47 Å². The summed E-state index contributed by atoms with van der Waals surface area (Å²) in [6.45, 7) is 4.91. The first-order valence-electron chi connectivity index (χ1n) is 12.7. The van der Waals surface area contributed by atoms with Gasteiger partial charge in [-0.2, -0.15) is 0 Å². The smallest absolute Gasteiger partial charge is 0.336 e. The third-order valence-electron chi connectivity index (χ3n) is 7.48. The Morgan fingerprint density at radius 2 is 2.00 bits per heavy atom. The van der Waals surface area contributed by atoms with Crippen molar-refractivity contribution >= 4 is 16.9 Å². The number of carbonyl (C=O) groups excluding carboxylic acids is 1. The molecule has 37 heavy (non-hydrogen) atoms. The van der Waals surface area contributed by atoms with Crippen LogP contribution in [0, 0.1) is 12.8 Å². The topological polar surface area (TPSA) is 111 Å². The summed E-state index contributed by atoms with van der Waals surface area (Å²) in [6, 6.07) is 8.67. The first-order chi connectivity index (χ1) is 17.8. The second kappa shape index (κ2) is 10.5. The van der Waals surface area contributed by atoms with Gasteiger partial charge < -0.3 is 23.6 Å². The number of rotatable bonds is 8. The average molecular weight is 509 g/mol. The molecular formula is C28H32N2O7. The molecule has 0 unspecified atom stereocenters. The minimum absolute atomic E-state index is 0.0370. The number of aryl methyl sites for hydroxylation is 2. The van der Waals surface area contributed by atoms with Gasteiger partial charge in [-0.1, -0.05) is 6.07 Å². The van der Waals surface area contributed by atoms with E-state index < -0.39 is 5.63 Å². The molecule has 2 bridgehead atoms. The molecule has 4 heterocycles. The number of pyridine rings is 1. The number of ether oxygens (including phenoxy) is 2. The van der Waals surface area contributed by atoms with Crippen LogP contribution in [0.3, 0.4) is 0 Å². The predicted molar refractivity (Wildman–Crippen MR) is 137 cm³/mol. The zero-order chi connectivity index (χ0) is 26.1. The summed E-state index contributed by atoms with van der Waals surface area (Å²) >= 11 is 0. The van der Waals surface area contributed by atoms with Crippen molar-refractivity contribution in [2.75, 3.05) is 33.4 Å². The highest BCUT2D eigenvalue weighted by atomic mass is 16.6. The number of carbonyl (C=O) groups is 1. The SMILES string of the molecule is COCCOC(=O)CCc1cc2c(C)cc(=O)oc2c(CN2C[C@H]3C[C@@H](C2)c2cccc(=O)n2C3)c1O. The van der Waals surface area contributed by atoms with E-state index in [-0.39, 0.29) is 36.2 Å². The first-order valence-corrected chi connectivity index (χ1v) is 12.7. The molecule has 0 amide bonds. The largest absolute Gasteiger partial charge is 0.507 e. The van der Waals surface area contributed by atoms with Crippen LogP contribution in [-0.2, 0) is 33.8 Å². The quantitative estimate of drug-likeness (QED) is 0.281. The second-order valence-corrected chi connectivity index (χ2v) is 10.1. The number of piperidine rings is 1. The normalized spacial score (nSPS) is 19.1. The van der Waals surface area contributed by atoms with E-state index in [0.717, 1.165) is 36.2 Å². The molecule has 0 radical (unpaired) electrons. The second-order valence-electron chi connectivity index (χ2n) is 10.1. The number of nitrogens with zero attached hydrogens (tertiary/aromatic N) is 2. The molecule has 1 N–H and O–H groups in total. The lowest BCUT2D eigenvalue weighted by Crippen LogP contribution is -2.46. The fourth-order valence-electron chi connectivity index (χ4n) is 5.80. The molecule has 0 saturated carbocycles. The van der Waals surface area contributed by atoms with Crippen LogP contribution in [-0.4, -0.2) is 54.0 Å². The zero-order valence-corrected chi connectivity index (χ0v) is 21.2. The summed E-state index contributed by atoms with van der Waals surface area (Å²) in [5, 5.41) is 12.1. The fraction of sp³-hybridized carbons (Fsp3) is 0.464. The van der Waals surface area contributed by atoms with Crippen molar-refractivity contribution < 1.29 is 23.8 Å². The average Bonchev–Trinajstić information content (AvgIpc) is 2.86. The molecule has 2 aliphatic heterocycles. The number of esters is 1. The number of phenols is 1. The molecule has 196 valence electrons. The lowest BCUT2D eigenvalue weighted by atomic mass is 9.83. The molecule has 0 aliphatic carbocycles. The molecule has 3 aromatic rings.